The standard InChI is InChI=1S/C12H9BrN4O/c13-8-4-6-9(7-5-8)18-11-3-1-2-10-15-12(14)16-17(10)11/h1-7H,(H2,14,16). The quantitative estimate of drug-likeness (QED) is 0.790. The fraction of sp³-hybridized carbons (Fsp3) is 0. The van der Waals surface area contributed by atoms with Crippen molar-refractivity contribution in [3.8, 4) is 11.6 Å². The molecule has 0 radical (unpaired) electrons. The number of nitrogens with zero attached hydrogens (tertiary/aromatic N) is 3. The summed E-state index contributed by atoms with van der Waals surface area (Å²) in [7, 11) is 0. The number of aromatic nitrogens is 3. The van der Waals surface area contributed by atoms with Crippen molar-refractivity contribution in [3.05, 3.63) is 46.9 Å². The molecule has 2 heterocycles. The van der Waals surface area contributed by atoms with Crippen LogP contribution in [0, 0.1) is 0 Å². The van der Waals surface area contributed by atoms with E-state index >= 15 is 0 Å². The number of rotatable bonds is 2. The van der Waals surface area contributed by atoms with Crippen LogP contribution in [0.1, 0.15) is 0 Å². The number of pyridine rings is 1. The van der Waals surface area contributed by atoms with Crippen LogP contribution in [0.3, 0.4) is 0 Å². The van der Waals surface area contributed by atoms with Gasteiger partial charge < -0.3 is 10.5 Å². The van der Waals surface area contributed by atoms with Crippen LogP contribution in [0.4, 0.5) is 5.95 Å². The molecule has 0 aliphatic carbocycles. The zero-order valence-electron chi connectivity index (χ0n) is 9.25. The summed E-state index contributed by atoms with van der Waals surface area (Å²) < 4.78 is 8.31. The Balaban J connectivity index is 2.01. The highest BCUT2D eigenvalue weighted by Gasteiger charge is 2.06. The van der Waals surface area contributed by atoms with Gasteiger partial charge in [-0.15, -0.1) is 5.10 Å². The Bertz CT molecular complexity index is 693. The maximum atomic E-state index is 5.74. The summed E-state index contributed by atoms with van der Waals surface area (Å²) in [4.78, 5) is 4.07. The van der Waals surface area contributed by atoms with Gasteiger partial charge in [0.05, 0.1) is 0 Å². The maximum absolute atomic E-state index is 5.74. The summed E-state index contributed by atoms with van der Waals surface area (Å²) in [6.45, 7) is 0. The average molecular weight is 305 g/mol. The Labute approximate surface area is 111 Å². The normalized spacial score (nSPS) is 10.7. The molecule has 0 unspecified atom stereocenters. The van der Waals surface area contributed by atoms with E-state index < -0.39 is 0 Å². The van der Waals surface area contributed by atoms with Gasteiger partial charge in [0, 0.05) is 10.5 Å². The smallest absolute Gasteiger partial charge is 0.240 e. The minimum absolute atomic E-state index is 0.224. The first-order valence-electron chi connectivity index (χ1n) is 5.27. The van der Waals surface area contributed by atoms with Gasteiger partial charge in [-0.1, -0.05) is 22.0 Å². The molecule has 1 aromatic carbocycles. The van der Waals surface area contributed by atoms with E-state index in [1.54, 1.807) is 4.52 Å². The summed E-state index contributed by atoms with van der Waals surface area (Å²) in [6, 6.07) is 13.0. The van der Waals surface area contributed by atoms with Crippen molar-refractivity contribution in [1.82, 2.24) is 14.6 Å². The van der Waals surface area contributed by atoms with Gasteiger partial charge in [-0.2, -0.15) is 9.50 Å². The lowest BCUT2D eigenvalue weighted by molar-refractivity contribution is 0.447. The van der Waals surface area contributed by atoms with Crippen LogP contribution < -0.4 is 10.5 Å². The first-order chi connectivity index (χ1) is 8.72. The van der Waals surface area contributed by atoms with E-state index in [4.69, 9.17) is 10.5 Å². The van der Waals surface area contributed by atoms with E-state index in [9.17, 15) is 0 Å². The highest BCUT2D eigenvalue weighted by Crippen LogP contribution is 2.23. The Morgan fingerprint density at radius 1 is 1.11 bits per heavy atom. The lowest BCUT2D eigenvalue weighted by Gasteiger charge is -2.06. The van der Waals surface area contributed by atoms with Gasteiger partial charge in [0.1, 0.15) is 5.75 Å². The summed E-state index contributed by atoms with van der Waals surface area (Å²) in [5.74, 6) is 1.51. The minimum atomic E-state index is 0.224. The van der Waals surface area contributed by atoms with Crippen LogP contribution in [-0.2, 0) is 0 Å². The van der Waals surface area contributed by atoms with E-state index in [1.807, 2.05) is 42.5 Å². The second-order valence-electron chi connectivity index (χ2n) is 3.66. The molecule has 0 aliphatic rings. The molecule has 6 heteroatoms. The topological polar surface area (TPSA) is 65.4 Å². The number of hydrogen-bond acceptors (Lipinski definition) is 4. The maximum Gasteiger partial charge on any atom is 0.240 e. The number of nitrogens with two attached hydrogens (primary N) is 1. The molecule has 2 aromatic heterocycles. The van der Waals surface area contributed by atoms with Crippen LogP contribution >= 0.6 is 15.9 Å². The van der Waals surface area contributed by atoms with Gasteiger partial charge in [-0.3, -0.25) is 0 Å². The molecule has 3 aromatic rings. The molecule has 0 fully saturated rings. The SMILES string of the molecule is Nc1nc2cccc(Oc3ccc(Br)cc3)n2n1. The van der Waals surface area contributed by atoms with Gasteiger partial charge in [-0.05, 0) is 30.3 Å². The predicted molar refractivity (Wildman–Crippen MR) is 71.6 cm³/mol. The molecule has 0 saturated heterocycles. The summed E-state index contributed by atoms with van der Waals surface area (Å²) in [5.41, 5.74) is 6.22. The van der Waals surface area contributed by atoms with E-state index in [2.05, 4.69) is 26.0 Å². The molecule has 0 bridgehead atoms. The number of anilines is 1. The Morgan fingerprint density at radius 3 is 2.67 bits per heavy atom. The number of ether oxygens (including phenoxy) is 1. The highest BCUT2D eigenvalue weighted by molar-refractivity contribution is 9.10. The number of benzene rings is 1. The molecule has 0 aliphatic heterocycles. The van der Waals surface area contributed by atoms with Crippen LogP contribution in [0.25, 0.3) is 5.65 Å². The van der Waals surface area contributed by atoms with Gasteiger partial charge in [0.2, 0.25) is 11.8 Å². The van der Waals surface area contributed by atoms with E-state index in [-0.39, 0.29) is 5.95 Å². The molecule has 0 saturated carbocycles. The number of nitrogen functional groups attached to an aromatic ring is 1. The third-order valence-corrected chi connectivity index (χ3v) is 2.91. The number of hydrogen-bond donors (Lipinski definition) is 1. The van der Waals surface area contributed by atoms with Crippen molar-refractivity contribution >= 4 is 27.5 Å². The molecule has 0 atom stereocenters. The Morgan fingerprint density at radius 2 is 1.89 bits per heavy atom. The van der Waals surface area contributed by atoms with Crippen molar-refractivity contribution in [1.29, 1.82) is 0 Å². The zero-order valence-corrected chi connectivity index (χ0v) is 10.8. The minimum Gasteiger partial charge on any atom is -0.439 e. The lowest BCUT2D eigenvalue weighted by atomic mass is 10.3. The Kier molecular flexibility index (Phi) is 2.64. The van der Waals surface area contributed by atoms with Crippen molar-refractivity contribution < 1.29 is 4.74 Å². The van der Waals surface area contributed by atoms with Crippen LogP contribution in [0.5, 0.6) is 11.6 Å². The third-order valence-electron chi connectivity index (χ3n) is 2.38. The van der Waals surface area contributed by atoms with Crippen LogP contribution in [-0.4, -0.2) is 14.6 Å². The van der Waals surface area contributed by atoms with Gasteiger partial charge >= 0.3 is 0 Å². The number of halogens is 1. The van der Waals surface area contributed by atoms with Gasteiger partial charge in [-0.25, -0.2) is 0 Å². The fourth-order valence-electron chi connectivity index (χ4n) is 1.60. The van der Waals surface area contributed by atoms with E-state index in [0.29, 0.717) is 11.5 Å². The molecule has 0 spiro atoms. The van der Waals surface area contributed by atoms with Crippen molar-refractivity contribution in [2.45, 2.75) is 0 Å². The summed E-state index contributed by atoms with van der Waals surface area (Å²) >= 11 is 3.37. The molecule has 90 valence electrons. The molecule has 0 amide bonds. The largest absolute Gasteiger partial charge is 0.439 e. The lowest BCUT2D eigenvalue weighted by Crippen LogP contribution is -1.95. The average Bonchev–Trinajstić information content (AvgIpc) is 2.73. The summed E-state index contributed by atoms with van der Waals surface area (Å²) in [5, 5.41) is 4.08. The fourth-order valence-corrected chi connectivity index (χ4v) is 1.86. The van der Waals surface area contributed by atoms with Crippen molar-refractivity contribution in [2.75, 3.05) is 5.73 Å². The van der Waals surface area contributed by atoms with Crippen molar-refractivity contribution in [3.63, 3.8) is 0 Å². The second-order valence-corrected chi connectivity index (χ2v) is 4.58. The van der Waals surface area contributed by atoms with Crippen LogP contribution in [0.2, 0.25) is 0 Å². The molecule has 2 N–H and O–H groups in total. The molecule has 5 nitrogen and oxygen atoms in total. The van der Waals surface area contributed by atoms with E-state index in [1.165, 1.54) is 0 Å². The summed E-state index contributed by atoms with van der Waals surface area (Å²) in [6.07, 6.45) is 0. The third kappa shape index (κ3) is 2.02. The van der Waals surface area contributed by atoms with E-state index in [0.717, 1.165) is 10.2 Å². The molecule has 3 rings (SSSR count). The highest BCUT2D eigenvalue weighted by atomic mass is 79.9. The molecular formula is C12H9BrN4O. The van der Waals surface area contributed by atoms with Crippen molar-refractivity contribution in [2.24, 2.45) is 0 Å². The van der Waals surface area contributed by atoms with Gasteiger partial charge in [0.15, 0.2) is 5.65 Å². The van der Waals surface area contributed by atoms with Gasteiger partial charge in [0.25, 0.3) is 0 Å². The Hall–Kier alpha value is -2.08. The second kappa shape index (κ2) is 4.30. The molecular weight excluding hydrogens is 296 g/mol. The predicted octanol–water partition coefficient (Wildman–Crippen LogP) is 2.87. The first kappa shape index (κ1) is 11.0. The molecule has 18 heavy (non-hydrogen) atoms. The zero-order chi connectivity index (χ0) is 12.5. The first-order valence-corrected chi connectivity index (χ1v) is 6.06. The monoisotopic (exact) mass is 304 g/mol. The number of fused-ring (bicyclic) bond motifs is 1. The van der Waals surface area contributed by atoms with Crippen LogP contribution in [0.15, 0.2) is 46.9 Å².